The van der Waals surface area contributed by atoms with Crippen molar-refractivity contribution in [3.8, 4) is 0 Å². The van der Waals surface area contributed by atoms with Gasteiger partial charge in [0.05, 0.1) is 17.9 Å². The van der Waals surface area contributed by atoms with E-state index in [4.69, 9.17) is 0 Å². The number of carbonyl (C=O) groups is 2. The maximum atomic E-state index is 12.4. The molecule has 0 spiro atoms. The molecule has 1 aromatic rings. The molecule has 0 radical (unpaired) electrons. The summed E-state index contributed by atoms with van der Waals surface area (Å²) in [5.41, 5.74) is 3.43. The van der Waals surface area contributed by atoms with E-state index >= 15 is 0 Å². The van der Waals surface area contributed by atoms with Crippen LogP contribution >= 0.6 is 0 Å². The molecule has 4 heteroatoms. The van der Waals surface area contributed by atoms with E-state index in [0.29, 0.717) is 12.8 Å². The van der Waals surface area contributed by atoms with Gasteiger partial charge in [0.1, 0.15) is 0 Å². The highest BCUT2D eigenvalue weighted by Crippen LogP contribution is 2.27. The van der Waals surface area contributed by atoms with Crippen LogP contribution in [-0.2, 0) is 9.59 Å². The van der Waals surface area contributed by atoms with Gasteiger partial charge in [0.2, 0.25) is 5.91 Å². The summed E-state index contributed by atoms with van der Waals surface area (Å²) in [7, 11) is 0. The fourth-order valence-electron chi connectivity index (χ4n) is 2.81. The van der Waals surface area contributed by atoms with E-state index in [1.54, 1.807) is 0 Å². The monoisotopic (exact) mass is 301 g/mol. The number of carboxylic acids is 1. The van der Waals surface area contributed by atoms with Gasteiger partial charge in [0.15, 0.2) is 0 Å². The number of benzene rings is 1. The van der Waals surface area contributed by atoms with Crippen LogP contribution in [0.3, 0.4) is 0 Å². The molecule has 0 aromatic heterocycles. The van der Waals surface area contributed by atoms with Crippen LogP contribution in [0, 0.1) is 25.7 Å². The van der Waals surface area contributed by atoms with Crippen molar-refractivity contribution >= 4 is 11.9 Å². The summed E-state index contributed by atoms with van der Waals surface area (Å²) in [6, 6.07) is 5.97. The lowest BCUT2D eigenvalue weighted by Gasteiger charge is -2.26. The molecule has 22 heavy (non-hydrogen) atoms. The number of carbonyl (C=O) groups excluding carboxylic acids is 1. The van der Waals surface area contributed by atoms with Crippen molar-refractivity contribution in [1.82, 2.24) is 5.32 Å². The molecule has 0 saturated heterocycles. The Balaban J connectivity index is 2.08. The fourth-order valence-corrected chi connectivity index (χ4v) is 2.81. The van der Waals surface area contributed by atoms with Crippen molar-refractivity contribution in [3.63, 3.8) is 0 Å². The van der Waals surface area contributed by atoms with E-state index in [2.05, 4.69) is 11.4 Å². The summed E-state index contributed by atoms with van der Waals surface area (Å²) in [5, 5.41) is 12.2. The largest absolute Gasteiger partial charge is 0.481 e. The first-order valence-electron chi connectivity index (χ1n) is 7.65. The lowest BCUT2D eigenvalue weighted by molar-refractivity contribution is -0.147. The van der Waals surface area contributed by atoms with Crippen LogP contribution in [0.2, 0.25) is 0 Å². The summed E-state index contributed by atoms with van der Waals surface area (Å²) in [6.45, 7) is 6.02. The smallest absolute Gasteiger partial charge is 0.307 e. The predicted molar refractivity (Wildman–Crippen MR) is 85.5 cm³/mol. The molecule has 0 aliphatic heterocycles. The lowest BCUT2D eigenvalue weighted by Crippen LogP contribution is -2.39. The molecule has 1 amide bonds. The van der Waals surface area contributed by atoms with Gasteiger partial charge in [-0.1, -0.05) is 30.4 Å². The summed E-state index contributed by atoms with van der Waals surface area (Å²) >= 11 is 0. The van der Waals surface area contributed by atoms with Gasteiger partial charge in [-0.3, -0.25) is 9.59 Å². The molecule has 0 heterocycles. The third kappa shape index (κ3) is 3.56. The third-order valence-corrected chi connectivity index (χ3v) is 4.48. The Bertz CT molecular complexity index is 606. The Hall–Kier alpha value is -2.10. The third-order valence-electron chi connectivity index (χ3n) is 4.48. The van der Waals surface area contributed by atoms with Crippen LogP contribution in [0.1, 0.15) is 42.5 Å². The van der Waals surface area contributed by atoms with E-state index in [1.807, 2.05) is 45.1 Å². The zero-order chi connectivity index (χ0) is 16.3. The van der Waals surface area contributed by atoms with Gasteiger partial charge in [-0.25, -0.2) is 0 Å². The van der Waals surface area contributed by atoms with E-state index in [0.717, 1.165) is 5.56 Å². The Morgan fingerprint density at radius 3 is 2.36 bits per heavy atom. The van der Waals surface area contributed by atoms with Crippen LogP contribution in [0.4, 0.5) is 0 Å². The van der Waals surface area contributed by atoms with Crippen LogP contribution < -0.4 is 5.32 Å². The molecule has 0 saturated carbocycles. The zero-order valence-corrected chi connectivity index (χ0v) is 13.3. The van der Waals surface area contributed by atoms with E-state index < -0.39 is 17.8 Å². The van der Waals surface area contributed by atoms with Gasteiger partial charge in [0, 0.05) is 0 Å². The Morgan fingerprint density at radius 1 is 1.14 bits per heavy atom. The van der Waals surface area contributed by atoms with E-state index in [-0.39, 0.29) is 11.9 Å². The molecule has 2 N–H and O–H groups in total. The minimum Gasteiger partial charge on any atom is -0.481 e. The summed E-state index contributed by atoms with van der Waals surface area (Å²) in [5.74, 6) is -2.20. The Labute approximate surface area is 131 Å². The van der Waals surface area contributed by atoms with Crippen molar-refractivity contribution in [2.45, 2.75) is 39.7 Å². The number of rotatable bonds is 4. The average Bonchev–Trinajstić information content (AvgIpc) is 2.49. The molecular formula is C18H23NO3. The SMILES string of the molecule is Cc1ccc([C@H](C)NC(=O)[C@@H]2CC=CC[C@H]2C(=O)O)cc1C. The second-order valence-corrected chi connectivity index (χ2v) is 6.07. The van der Waals surface area contributed by atoms with Crippen molar-refractivity contribution in [3.05, 3.63) is 47.0 Å². The molecule has 1 aliphatic rings. The van der Waals surface area contributed by atoms with Gasteiger partial charge < -0.3 is 10.4 Å². The Morgan fingerprint density at radius 2 is 1.77 bits per heavy atom. The topological polar surface area (TPSA) is 66.4 Å². The first kappa shape index (κ1) is 16.3. The number of aliphatic carboxylic acids is 1. The number of allylic oxidation sites excluding steroid dienone is 2. The molecular weight excluding hydrogens is 278 g/mol. The summed E-state index contributed by atoms with van der Waals surface area (Å²) < 4.78 is 0. The molecule has 1 aliphatic carbocycles. The van der Waals surface area contributed by atoms with Gasteiger partial charge in [0.25, 0.3) is 0 Å². The van der Waals surface area contributed by atoms with Crippen LogP contribution in [0.15, 0.2) is 30.4 Å². The number of aryl methyl sites for hydroxylation is 2. The summed E-state index contributed by atoms with van der Waals surface area (Å²) in [4.78, 5) is 23.7. The first-order chi connectivity index (χ1) is 10.4. The molecule has 3 atom stereocenters. The predicted octanol–water partition coefficient (Wildman–Crippen LogP) is 3.15. The van der Waals surface area contributed by atoms with E-state index in [1.165, 1.54) is 11.1 Å². The van der Waals surface area contributed by atoms with Gasteiger partial charge in [-0.2, -0.15) is 0 Å². The zero-order valence-electron chi connectivity index (χ0n) is 13.3. The number of nitrogens with one attached hydrogen (secondary N) is 1. The Kier molecular flexibility index (Phi) is 5.01. The molecule has 118 valence electrons. The molecule has 0 fully saturated rings. The maximum absolute atomic E-state index is 12.4. The number of amides is 1. The number of carboxylic acid groups (broad SMARTS) is 1. The van der Waals surface area contributed by atoms with Crippen molar-refractivity contribution in [2.24, 2.45) is 11.8 Å². The molecule has 0 bridgehead atoms. The minimum absolute atomic E-state index is 0.132. The molecule has 0 unspecified atom stereocenters. The molecule has 1 aromatic carbocycles. The maximum Gasteiger partial charge on any atom is 0.307 e. The lowest BCUT2D eigenvalue weighted by atomic mass is 9.82. The average molecular weight is 301 g/mol. The van der Waals surface area contributed by atoms with Crippen molar-refractivity contribution < 1.29 is 14.7 Å². The standard InChI is InChI=1S/C18H23NO3/c1-11-8-9-14(10-12(11)2)13(3)19-17(20)15-6-4-5-7-16(15)18(21)22/h4-5,8-10,13,15-16H,6-7H2,1-3H3,(H,19,20)(H,21,22)/t13-,15+,16+/m0/s1. The second-order valence-electron chi connectivity index (χ2n) is 6.07. The second kappa shape index (κ2) is 6.77. The highest BCUT2D eigenvalue weighted by atomic mass is 16.4. The summed E-state index contributed by atoms with van der Waals surface area (Å²) in [6.07, 6.45) is 4.65. The first-order valence-corrected chi connectivity index (χ1v) is 7.65. The highest BCUT2D eigenvalue weighted by Gasteiger charge is 2.34. The van der Waals surface area contributed by atoms with Crippen LogP contribution in [0.5, 0.6) is 0 Å². The van der Waals surface area contributed by atoms with Crippen LogP contribution in [0.25, 0.3) is 0 Å². The number of hydrogen-bond donors (Lipinski definition) is 2. The fraction of sp³-hybridized carbons (Fsp3) is 0.444. The van der Waals surface area contributed by atoms with Crippen molar-refractivity contribution in [1.29, 1.82) is 0 Å². The van der Waals surface area contributed by atoms with Gasteiger partial charge in [-0.15, -0.1) is 0 Å². The van der Waals surface area contributed by atoms with Crippen molar-refractivity contribution in [2.75, 3.05) is 0 Å². The number of hydrogen-bond acceptors (Lipinski definition) is 2. The molecule has 4 nitrogen and oxygen atoms in total. The van der Waals surface area contributed by atoms with E-state index in [9.17, 15) is 14.7 Å². The van der Waals surface area contributed by atoms with Crippen LogP contribution in [-0.4, -0.2) is 17.0 Å². The van der Waals surface area contributed by atoms with Gasteiger partial charge >= 0.3 is 5.97 Å². The highest BCUT2D eigenvalue weighted by molar-refractivity contribution is 5.85. The quantitative estimate of drug-likeness (QED) is 0.840. The normalized spacial score (nSPS) is 22.1. The molecule has 2 rings (SSSR count). The van der Waals surface area contributed by atoms with Gasteiger partial charge in [-0.05, 0) is 50.3 Å². The minimum atomic E-state index is -0.900.